The van der Waals surface area contributed by atoms with E-state index in [2.05, 4.69) is 5.32 Å². The monoisotopic (exact) mass is 491 g/mol. The van der Waals surface area contributed by atoms with Gasteiger partial charge in [-0.1, -0.05) is 42.5 Å². The van der Waals surface area contributed by atoms with E-state index in [0.717, 1.165) is 16.0 Å². The Kier molecular flexibility index (Phi) is 6.46. The number of thiophene rings is 1. The Morgan fingerprint density at radius 2 is 1.71 bits per heavy atom. The lowest BCUT2D eigenvalue weighted by Gasteiger charge is -2.26. The van der Waals surface area contributed by atoms with E-state index in [4.69, 9.17) is 14.8 Å². The van der Waals surface area contributed by atoms with Gasteiger partial charge in [0.05, 0.1) is 11.4 Å². The van der Waals surface area contributed by atoms with Crippen LogP contribution in [0.4, 0.5) is 11.4 Å². The van der Waals surface area contributed by atoms with Crippen LogP contribution in [0.2, 0.25) is 0 Å². The summed E-state index contributed by atoms with van der Waals surface area (Å²) in [6, 6.07) is 26.2. The molecule has 4 aromatic rings. The molecule has 2 heterocycles. The number of benzene rings is 3. The van der Waals surface area contributed by atoms with Crippen molar-refractivity contribution in [2.24, 2.45) is 0 Å². The first kappa shape index (κ1) is 22.7. The molecule has 0 radical (unpaired) electrons. The standard InChI is InChI=1S/C26H23N2O4PS/c27-23-13-12-20(25-7-4-14-34-25)15-24(23)28-26(29)19-10-8-18(9-11-19)21-16-31-33(30,32-17-21)22-5-2-1-3-6-22/h1-15,21,30H,16-17,27H2/p+1. The lowest BCUT2D eigenvalue weighted by atomic mass is 9.99. The maximum atomic E-state index is 12.9. The van der Waals surface area contributed by atoms with Gasteiger partial charge in [0.1, 0.15) is 13.2 Å². The molecule has 1 aliphatic rings. The third-order valence-electron chi connectivity index (χ3n) is 5.74. The lowest BCUT2D eigenvalue weighted by molar-refractivity contribution is 0.102. The molecule has 3 aromatic carbocycles. The highest BCUT2D eigenvalue weighted by molar-refractivity contribution is 7.68. The van der Waals surface area contributed by atoms with E-state index in [9.17, 15) is 9.69 Å². The van der Waals surface area contributed by atoms with E-state index in [1.54, 1.807) is 29.5 Å². The number of nitrogens with one attached hydrogen (secondary N) is 1. The summed E-state index contributed by atoms with van der Waals surface area (Å²) in [7, 11) is -3.04. The predicted octanol–water partition coefficient (Wildman–Crippen LogP) is 5.46. The number of nitrogen functional groups attached to an aromatic ring is 1. The molecule has 1 fully saturated rings. The first-order valence-corrected chi connectivity index (χ1v) is 13.3. The van der Waals surface area contributed by atoms with Crippen molar-refractivity contribution >= 4 is 41.9 Å². The van der Waals surface area contributed by atoms with Gasteiger partial charge in [0.15, 0.2) is 5.30 Å². The summed E-state index contributed by atoms with van der Waals surface area (Å²) in [6.07, 6.45) is 0. The topological polar surface area (TPSA) is 93.8 Å². The van der Waals surface area contributed by atoms with Crippen molar-refractivity contribution in [2.45, 2.75) is 5.92 Å². The fourth-order valence-corrected chi connectivity index (χ4v) is 6.20. The lowest BCUT2D eigenvalue weighted by Crippen LogP contribution is -2.27. The van der Waals surface area contributed by atoms with E-state index >= 15 is 0 Å². The third-order valence-corrected chi connectivity index (χ3v) is 8.60. The van der Waals surface area contributed by atoms with Gasteiger partial charge in [0.25, 0.3) is 5.91 Å². The van der Waals surface area contributed by atoms with Crippen molar-refractivity contribution in [3.05, 3.63) is 101 Å². The second-order valence-electron chi connectivity index (χ2n) is 8.00. The van der Waals surface area contributed by atoms with Gasteiger partial charge in [-0.05, 0) is 59.0 Å². The van der Waals surface area contributed by atoms with E-state index in [0.29, 0.717) is 35.5 Å². The van der Waals surface area contributed by atoms with E-state index < -0.39 is 7.94 Å². The molecular formula is C26H24N2O4PS+. The zero-order chi connectivity index (χ0) is 23.5. The minimum atomic E-state index is -3.04. The highest BCUT2D eigenvalue weighted by Gasteiger charge is 2.48. The van der Waals surface area contributed by atoms with Crippen LogP contribution in [0.3, 0.4) is 0 Å². The Balaban J connectivity index is 1.24. The van der Waals surface area contributed by atoms with Crippen LogP contribution < -0.4 is 16.4 Å². The molecular weight excluding hydrogens is 467 g/mol. The molecule has 4 N–H and O–H groups in total. The number of rotatable bonds is 5. The molecule has 0 unspecified atom stereocenters. The average molecular weight is 492 g/mol. The van der Waals surface area contributed by atoms with Gasteiger partial charge in [-0.3, -0.25) is 4.79 Å². The molecule has 5 rings (SSSR count). The summed E-state index contributed by atoms with van der Waals surface area (Å²) in [5.74, 6) is -0.263. The van der Waals surface area contributed by atoms with E-state index in [1.165, 1.54) is 0 Å². The van der Waals surface area contributed by atoms with Gasteiger partial charge in [0.2, 0.25) is 0 Å². The Morgan fingerprint density at radius 1 is 0.971 bits per heavy atom. The number of amides is 1. The molecule has 0 saturated carbocycles. The Bertz CT molecular complexity index is 1270. The van der Waals surface area contributed by atoms with Crippen LogP contribution in [0, 0.1) is 0 Å². The Morgan fingerprint density at radius 3 is 2.38 bits per heavy atom. The second-order valence-corrected chi connectivity index (χ2v) is 11.0. The molecule has 0 atom stereocenters. The third kappa shape index (κ3) is 4.75. The molecule has 1 saturated heterocycles. The molecule has 0 bridgehead atoms. The van der Waals surface area contributed by atoms with E-state index in [-0.39, 0.29) is 11.8 Å². The SMILES string of the molecule is Nc1ccc(-c2cccs2)cc1NC(=O)c1ccc(C2CO[P+](O)(c3ccccc3)OC2)cc1. The summed E-state index contributed by atoms with van der Waals surface area (Å²) < 4.78 is 11.6. The summed E-state index contributed by atoms with van der Waals surface area (Å²) in [5, 5.41) is 5.60. The fourth-order valence-electron chi connectivity index (χ4n) is 3.79. The zero-order valence-electron chi connectivity index (χ0n) is 18.3. The maximum Gasteiger partial charge on any atom is 0.446 e. The van der Waals surface area contributed by atoms with Crippen LogP contribution in [-0.2, 0) is 9.05 Å². The highest BCUT2D eigenvalue weighted by atomic mass is 32.1. The number of hydrogen-bond donors (Lipinski definition) is 3. The fraction of sp³-hybridized carbons (Fsp3) is 0.115. The number of carbonyl (C=O) groups excluding carboxylic acids is 1. The molecule has 6 nitrogen and oxygen atoms in total. The quantitative estimate of drug-likeness (QED) is 0.255. The molecule has 172 valence electrons. The summed E-state index contributed by atoms with van der Waals surface area (Å²) in [5.41, 5.74) is 9.70. The predicted molar refractivity (Wildman–Crippen MR) is 138 cm³/mol. The minimum Gasteiger partial charge on any atom is -0.397 e. The number of anilines is 2. The normalized spacial score (nSPS) is 20.1. The Labute approximate surface area is 202 Å². The van der Waals surface area contributed by atoms with Gasteiger partial charge >= 0.3 is 7.94 Å². The van der Waals surface area contributed by atoms with Crippen molar-refractivity contribution in [3.63, 3.8) is 0 Å². The summed E-state index contributed by atoms with van der Waals surface area (Å²) in [6.45, 7) is 0.688. The molecule has 1 aliphatic heterocycles. The van der Waals surface area contributed by atoms with Gasteiger partial charge in [0, 0.05) is 16.4 Å². The van der Waals surface area contributed by atoms with Crippen LogP contribution in [0.1, 0.15) is 21.8 Å². The van der Waals surface area contributed by atoms with E-state index in [1.807, 2.05) is 72.1 Å². The number of carbonyl (C=O) groups is 1. The first-order chi connectivity index (χ1) is 16.5. The van der Waals surface area contributed by atoms with Crippen molar-refractivity contribution < 1.29 is 18.7 Å². The molecule has 34 heavy (non-hydrogen) atoms. The van der Waals surface area contributed by atoms with Crippen LogP contribution in [0.25, 0.3) is 10.4 Å². The number of nitrogens with two attached hydrogens (primary N) is 1. The summed E-state index contributed by atoms with van der Waals surface area (Å²) >= 11 is 1.63. The minimum absolute atomic E-state index is 0.0285. The van der Waals surface area contributed by atoms with Crippen molar-refractivity contribution in [1.82, 2.24) is 0 Å². The van der Waals surface area contributed by atoms with Gasteiger partial charge < -0.3 is 11.1 Å². The van der Waals surface area contributed by atoms with Crippen molar-refractivity contribution in [3.8, 4) is 10.4 Å². The highest BCUT2D eigenvalue weighted by Crippen LogP contribution is 2.59. The van der Waals surface area contributed by atoms with Gasteiger partial charge in [-0.2, -0.15) is 13.9 Å². The van der Waals surface area contributed by atoms with Crippen molar-refractivity contribution in [1.29, 1.82) is 0 Å². The largest absolute Gasteiger partial charge is 0.446 e. The second kappa shape index (κ2) is 9.66. The smallest absolute Gasteiger partial charge is 0.397 e. The molecule has 0 aliphatic carbocycles. The zero-order valence-corrected chi connectivity index (χ0v) is 20.0. The Hall–Kier alpha value is -3.06. The number of hydrogen-bond acceptors (Lipinski definition) is 6. The first-order valence-electron chi connectivity index (χ1n) is 10.8. The maximum absolute atomic E-state index is 12.9. The van der Waals surface area contributed by atoms with Crippen LogP contribution in [0.15, 0.2) is 90.3 Å². The molecule has 0 spiro atoms. The summed E-state index contributed by atoms with van der Waals surface area (Å²) in [4.78, 5) is 24.7. The van der Waals surface area contributed by atoms with Crippen LogP contribution >= 0.6 is 19.3 Å². The molecule has 1 amide bonds. The van der Waals surface area contributed by atoms with Gasteiger partial charge in [-0.15, -0.1) is 11.3 Å². The van der Waals surface area contributed by atoms with Gasteiger partial charge in [-0.25, -0.2) is 0 Å². The van der Waals surface area contributed by atoms with Crippen LogP contribution in [-0.4, -0.2) is 24.0 Å². The molecule has 1 aromatic heterocycles. The van der Waals surface area contributed by atoms with Crippen LogP contribution in [0.5, 0.6) is 0 Å². The molecule has 8 heteroatoms. The average Bonchev–Trinajstić information content (AvgIpc) is 3.42. The van der Waals surface area contributed by atoms with Crippen molar-refractivity contribution in [2.75, 3.05) is 24.3 Å².